The minimum Gasteiger partial charge on any atom is -0.490 e. The molecule has 0 unspecified atom stereocenters. The van der Waals surface area contributed by atoms with Gasteiger partial charge < -0.3 is 19.7 Å². The van der Waals surface area contributed by atoms with Gasteiger partial charge in [0.05, 0.1) is 19.6 Å². The van der Waals surface area contributed by atoms with Crippen LogP contribution in [0.4, 0.5) is 0 Å². The summed E-state index contributed by atoms with van der Waals surface area (Å²) in [5.74, 6) is 1.54. The third-order valence-electron chi connectivity index (χ3n) is 3.88. The van der Waals surface area contributed by atoms with E-state index in [0.717, 1.165) is 29.7 Å². The number of nitrogens with zero attached hydrogens (tertiary/aromatic N) is 1. The highest BCUT2D eigenvalue weighted by Crippen LogP contribution is 2.34. The first-order valence-corrected chi connectivity index (χ1v) is 8.94. The fourth-order valence-corrected chi connectivity index (χ4v) is 3.19. The van der Waals surface area contributed by atoms with Gasteiger partial charge in [-0.15, -0.1) is 12.4 Å². The molecule has 0 aliphatic carbocycles. The summed E-state index contributed by atoms with van der Waals surface area (Å²) in [5, 5.41) is 3.30. The SMILES string of the molecule is CCOc1cc(Br)c(CC(=O)N2CCNC[C@@H]2C)cc1OCC.Cl. The molecule has 2 rings (SSSR count). The lowest BCUT2D eigenvalue weighted by molar-refractivity contribution is -0.133. The molecule has 0 bridgehead atoms. The van der Waals surface area contributed by atoms with Gasteiger partial charge in [0.25, 0.3) is 0 Å². The Kier molecular flexibility index (Phi) is 8.87. The molecule has 1 heterocycles. The number of amides is 1. The van der Waals surface area contributed by atoms with Crippen molar-refractivity contribution >= 4 is 34.2 Å². The van der Waals surface area contributed by atoms with E-state index in [4.69, 9.17) is 9.47 Å². The van der Waals surface area contributed by atoms with E-state index in [2.05, 4.69) is 28.2 Å². The van der Waals surface area contributed by atoms with Crippen LogP contribution in [0.5, 0.6) is 11.5 Å². The maximum atomic E-state index is 12.6. The van der Waals surface area contributed by atoms with E-state index in [0.29, 0.717) is 31.1 Å². The van der Waals surface area contributed by atoms with Crippen LogP contribution in [0.15, 0.2) is 16.6 Å². The Bertz CT molecular complexity index is 557. The fraction of sp³-hybridized carbons (Fsp3) is 0.588. The molecule has 1 saturated heterocycles. The zero-order chi connectivity index (χ0) is 16.8. The van der Waals surface area contributed by atoms with Crippen molar-refractivity contribution in [1.82, 2.24) is 10.2 Å². The van der Waals surface area contributed by atoms with Crippen LogP contribution in [0.1, 0.15) is 26.3 Å². The molecule has 1 N–H and O–H groups in total. The van der Waals surface area contributed by atoms with Crippen LogP contribution in [-0.2, 0) is 11.2 Å². The lowest BCUT2D eigenvalue weighted by Crippen LogP contribution is -2.52. The topological polar surface area (TPSA) is 50.8 Å². The number of piperazine rings is 1. The van der Waals surface area contributed by atoms with E-state index in [1.54, 1.807) is 0 Å². The van der Waals surface area contributed by atoms with Crippen molar-refractivity contribution in [3.63, 3.8) is 0 Å². The van der Waals surface area contributed by atoms with Crippen LogP contribution in [0.25, 0.3) is 0 Å². The maximum absolute atomic E-state index is 12.6. The number of ether oxygens (including phenoxy) is 2. The lowest BCUT2D eigenvalue weighted by Gasteiger charge is -2.34. The molecular formula is C17H26BrClN2O3. The number of rotatable bonds is 6. The van der Waals surface area contributed by atoms with Crippen LogP contribution in [0.2, 0.25) is 0 Å². The molecule has 1 aromatic carbocycles. The summed E-state index contributed by atoms with van der Waals surface area (Å²) in [7, 11) is 0. The van der Waals surface area contributed by atoms with Crippen molar-refractivity contribution in [3.8, 4) is 11.5 Å². The first kappa shape index (κ1) is 21.1. The van der Waals surface area contributed by atoms with Gasteiger partial charge >= 0.3 is 0 Å². The van der Waals surface area contributed by atoms with Crippen LogP contribution in [0, 0.1) is 0 Å². The van der Waals surface area contributed by atoms with Crippen LogP contribution in [0.3, 0.4) is 0 Å². The molecule has 5 nitrogen and oxygen atoms in total. The van der Waals surface area contributed by atoms with Crippen molar-refractivity contribution in [2.24, 2.45) is 0 Å². The zero-order valence-corrected chi connectivity index (χ0v) is 16.8. The summed E-state index contributed by atoms with van der Waals surface area (Å²) < 4.78 is 12.1. The van der Waals surface area contributed by atoms with Gasteiger partial charge in [-0.1, -0.05) is 15.9 Å². The second-order valence-electron chi connectivity index (χ2n) is 5.57. The average molecular weight is 422 g/mol. The smallest absolute Gasteiger partial charge is 0.227 e. The molecule has 24 heavy (non-hydrogen) atoms. The van der Waals surface area contributed by atoms with E-state index >= 15 is 0 Å². The zero-order valence-electron chi connectivity index (χ0n) is 14.4. The van der Waals surface area contributed by atoms with Gasteiger partial charge in [0.1, 0.15) is 0 Å². The molecule has 1 aliphatic heterocycles. The highest BCUT2D eigenvalue weighted by atomic mass is 79.9. The summed E-state index contributed by atoms with van der Waals surface area (Å²) in [6.45, 7) is 9.53. The Morgan fingerprint density at radius 3 is 2.50 bits per heavy atom. The van der Waals surface area contributed by atoms with E-state index in [1.165, 1.54) is 0 Å². The first-order chi connectivity index (χ1) is 11.1. The van der Waals surface area contributed by atoms with Gasteiger partial charge in [-0.3, -0.25) is 4.79 Å². The minimum absolute atomic E-state index is 0. The fourth-order valence-electron chi connectivity index (χ4n) is 2.73. The molecule has 0 radical (unpaired) electrons. The normalized spacial score (nSPS) is 17.2. The third-order valence-corrected chi connectivity index (χ3v) is 4.61. The largest absolute Gasteiger partial charge is 0.490 e. The van der Waals surface area contributed by atoms with Crippen molar-refractivity contribution < 1.29 is 14.3 Å². The Morgan fingerprint density at radius 1 is 1.29 bits per heavy atom. The molecule has 0 spiro atoms. The number of hydrogen-bond donors (Lipinski definition) is 1. The molecule has 0 aromatic heterocycles. The van der Waals surface area contributed by atoms with Gasteiger partial charge in [0, 0.05) is 30.1 Å². The number of benzene rings is 1. The van der Waals surface area contributed by atoms with Crippen LogP contribution >= 0.6 is 28.3 Å². The monoisotopic (exact) mass is 420 g/mol. The highest BCUT2D eigenvalue weighted by molar-refractivity contribution is 9.10. The number of halogens is 2. The van der Waals surface area contributed by atoms with Gasteiger partial charge in [0.15, 0.2) is 11.5 Å². The van der Waals surface area contributed by atoms with Gasteiger partial charge in [0.2, 0.25) is 5.91 Å². The Hall–Kier alpha value is -0.980. The average Bonchev–Trinajstić information content (AvgIpc) is 2.52. The summed E-state index contributed by atoms with van der Waals surface area (Å²) in [5.41, 5.74) is 0.924. The van der Waals surface area contributed by atoms with E-state index in [1.807, 2.05) is 30.9 Å². The van der Waals surface area contributed by atoms with Crippen molar-refractivity contribution in [2.45, 2.75) is 33.2 Å². The molecule has 0 saturated carbocycles. The number of hydrogen-bond acceptors (Lipinski definition) is 4. The highest BCUT2D eigenvalue weighted by Gasteiger charge is 2.24. The molecule has 1 aliphatic rings. The maximum Gasteiger partial charge on any atom is 0.227 e. The van der Waals surface area contributed by atoms with Gasteiger partial charge in [-0.05, 0) is 38.5 Å². The summed E-state index contributed by atoms with van der Waals surface area (Å²) in [4.78, 5) is 14.6. The summed E-state index contributed by atoms with van der Waals surface area (Å²) >= 11 is 3.55. The lowest BCUT2D eigenvalue weighted by atomic mass is 10.1. The quantitative estimate of drug-likeness (QED) is 0.767. The molecular weight excluding hydrogens is 396 g/mol. The minimum atomic E-state index is 0. The van der Waals surface area contributed by atoms with Gasteiger partial charge in [-0.2, -0.15) is 0 Å². The van der Waals surface area contributed by atoms with Crippen LogP contribution < -0.4 is 14.8 Å². The molecule has 1 atom stereocenters. The Labute approximate surface area is 158 Å². The number of carbonyl (C=O) groups excluding carboxylic acids is 1. The molecule has 136 valence electrons. The molecule has 7 heteroatoms. The van der Waals surface area contributed by atoms with E-state index < -0.39 is 0 Å². The predicted molar refractivity (Wildman–Crippen MR) is 101 cm³/mol. The summed E-state index contributed by atoms with van der Waals surface area (Å²) in [6.07, 6.45) is 0.359. The number of carbonyl (C=O) groups is 1. The first-order valence-electron chi connectivity index (χ1n) is 8.15. The molecule has 1 aromatic rings. The molecule has 1 amide bonds. The Balaban J connectivity index is 0.00000288. The Morgan fingerprint density at radius 2 is 1.92 bits per heavy atom. The summed E-state index contributed by atoms with van der Waals surface area (Å²) in [6, 6.07) is 4.02. The molecule has 1 fully saturated rings. The third kappa shape index (κ3) is 5.26. The van der Waals surface area contributed by atoms with E-state index in [9.17, 15) is 4.79 Å². The van der Waals surface area contributed by atoms with Crippen LogP contribution in [-0.4, -0.2) is 49.7 Å². The predicted octanol–water partition coefficient (Wildman–Crippen LogP) is 3.03. The second-order valence-corrected chi connectivity index (χ2v) is 6.43. The van der Waals surface area contributed by atoms with Crippen molar-refractivity contribution in [3.05, 3.63) is 22.2 Å². The van der Waals surface area contributed by atoms with Crippen molar-refractivity contribution in [1.29, 1.82) is 0 Å². The number of nitrogens with one attached hydrogen (secondary N) is 1. The second kappa shape index (κ2) is 10.1. The van der Waals surface area contributed by atoms with Gasteiger partial charge in [-0.25, -0.2) is 0 Å². The van der Waals surface area contributed by atoms with E-state index in [-0.39, 0.29) is 24.4 Å². The standard InChI is InChI=1S/C17H25BrN2O3.ClH/c1-4-22-15-8-13(14(18)10-16(15)23-5-2)9-17(21)20-7-6-19-11-12(20)3;/h8,10,12,19H,4-7,9,11H2,1-3H3;1H/t12-;/m0./s1. The van der Waals surface area contributed by atoms with Crippen molar-refractivity contribution in [2.75, 3.05) is 32.8 Å².